The van der Waals surface area contributed by atoms with Crippen molar-refractivity contribution in [1.29, 1.82) is 0 Å². The number of rotatable bonds is 4. The first-order chi connectivity index (χ1) is 10.8. The molecule has 10 heteroatoms. The lowest BCUT2D eigenvalue weighted by molar-refractivity contribution is -0.313. The highest BCUT2D eigenvalue weighted by atomic mass is 16.7. The van der Waals surface area contributed by atoms with Crippen molar-refractivity contribution in [2.45, 2.75) is 68.1 Å². The monoisotopic (exact) mass is 340 g/mol. The lowest BCUT2D eigenvalue weighted by atomic mass is 9.96. The van der Waals surface area contributed by atoms with Crippen LogP contribution >= 0.6 is 0 Å². The Bertz CT molecular complexity index is 380. The third kappa shape index (κ3) is 3.82. The second kappa shape index (κ2) is 7.66. The van der Waals surface area contributed by atoms with Crippen molar-refractivity contribution in [3.05, 3.63) is 0 Å². The Morgan fingerprint density at radius 1 is 0.739 bits per heavy atom. The Morgan fingerprint density at radius 3 is 1.91 bits per heavy atom. The van der Waals surface area contributed by atoms with Crippen LogP contribution in [0, 0.1) is 0 Å². The van der Waals surface area contributed by atoms with Gasteiger partial charge in [0.1, 0.15) is 48.8 Å². The molecule has 0 spiro atoms. The van der Waals surface area contributed by atoms with Gasteiger partial charge in [-0.1, -0.05) is 0 Å². The van der Waals surface area contributed by atoms with E-state index in [-0.39, 0.29) is 6.61 Å². The van der Waals surface area contributed by atoms with Gasteiger partial charge in [0.2, 0.25) is 0 Å². The summed E-state index contributed by atoms with van der Waals surface area (Å²) in [4.78, 5) is 0. The minimum Gasteiger partial charge on any atom is -0.394 e. The molecule has 0 saturated carbocycles. The zero-order valence-electron chi connectivity index (χ0n) is 12.5. The van der Waals surface area contributed by atoms with E-state index in [2.05, 4.69) is 0 Å². The second-order valence-corrected chi connectivity index (χ2v) is 5.88. The maximum absolute atomic E-state index is 9.87. The van der Waals surface area contributed by atoms with E-state index in [1.165, 1.54) is 6.92 Å². The van der Waals surface area contributed by atoms with Crippen molar-refractivity contribution in [1.82, 2.24) is 0 Å². The maximum Gasteiger partial charge on any atom is 0.186 e. The van der Waals surface area contributed by atoms with Gasteiger partial charge in [-0.05, 0) is 6.92 Å². The summed E-state index contributed by atoms with van der Waals surface area (Å²) >= 11 is 0. The highest BCUT2D eigenvalue weighted by Gasteiger charge is 2.46. The number of aliphatic hydroxyl groups is 7. The summed E-state index contributed by atoms with van der Waals surface area (Å²) in [5, 5.41) is 67.4. The summed E-state index contributed by atoms with van der Waals surface area (Å²) in [6.45, 7) is 0.619. The number of aliphatic hydroxyl groups excluding tert-OH is 7. The number of ether oxygens (including phenoxy) is 3. The largest absolute Gasteiger partial charge is 0.394 e. The van der Waals surface area contributed by atoms with Crippen LogP contribution in [-0.2, 0) is 14.2 Å². The maximum atomic E-state index is 9.87. The van der Waals surface area contributed by atoms with E-state index in [0.717, 1.165) is 0 Å². The SMILES string of the molecule is C[C@H]1OC(CO[C@H]2OC(CO)[C@@H](O)C(O)C2O)[C@@H](O)C(O)C1O. The van der Waals surface area contributed by atoms with Gasteiger partial charge in [-0.3, -0.25) is 0 Å². The summed E-state index contributed by atoms with van der Waals surface area (Å²) in [5.41, 5.74) is 0. The van der Waals surface area contributed by atoms with Gasteiger partial charge >= 0.3 is 0 Å². The smallest absolute Gasteiger partial charge is 0.186 e. The quantitative estimate of drug-likeness (QED) is 0.265. The molecule has 0 aliphatic carbocycles. The van der Waals surface area contributed by atoms with Gasteiger partial charge in [0.25, 0.3) is 0 Å². The average molecular weight is 340 g/mol. The van der Waals surface area contributed by atoms with E-state index in [4.69, 9.17) is 19.3 Å². The number of hydrogen-bond acceptors (Lipinski definition) is 10. The fraction of sp³-hybridized carbons (Fsp3) is 1.00. The van der Waals surface area contributed by atoms with Crippen LogP contribution in [0.3, 0.4) is 0 Å². The van der Waals surface area contributed by atoms with Crippen molar-refractivity contribution in [3.8, 4) is 0 Å². The fourth-order valence-electron chi connectivity index (χ4n) is 2.67. The third-order valence-electron chi connectivity index (χ3n) is 4.22. The standard InChI is InChI=1S/C13H24O10/c1-4-7(15)10(18)9(17)6(22-4)3-21-13-12(20)11(19)8(16)5(2-14)23-13/h4-20H,2-3H2,1H3/t4-,5?,6?,7?,8-,9-,10?,11?,12?,13+/m1/s1. The van der Waals surface area contributed by atoms with Crippen molar-refractivity contribution in [3.63, 3.8) is 0 Å². The molecule has 10 atom stereocenters. The topological polar surface area (TPSA) is 169 Å². The molecule has 0 aromatic rings. The summed E-state index contributed by atoms with van der Waals surface area (Å²) < 4.78 is 15.7. The Morgan fingerprint density at radius 2 is 1.30 bits per heavy atom. The van der Waals surface area contributed by atoms with E-state index in [1.54, 1.807) is 0 Å². The minimum atomic E-state index is -1.57. The first-order valence-electron chi connectivity index (χ1n) is 7.39. The predicted molar refractivity (Wildman–Crippen MR) is 72.1 cm³/mol. The van der Waals surface area contributed by atoms with E-state index in [1.807, 2.05) is 0 Å². The Hall–Kier alpha value is -0.400. The van der Waals surface area contributed by atoms with Gasteiger partial charge in [-0.25, -0.2) is 0 Å². The molecular formula is C13H24O10. The second-order valence-electron chi connectivity index (χ2n) is 5.88. The lowest BCUT2D eigenvalue weighted by Crippen LogP contribution is -2.61. The van der Waals surface area contributed by atoms with Crippen molar-refractivity contribution >= 4 is 0 Å². The molecule has 0 aromatic heterocycles. The normalized spacial score (nSPS) is 51.7. The molecule has 0 bridgehead atoms. The Labute approximate surface area is 132 Å². The minimum absolute atomic E-state index is 0.308. The lowest BCUT2D eigenvalue weighted by Gasteiger charge is -2.42. The Kier molecular flexibility index (Phi) is 6.30. The molecule has 7 N–H and O–H groups in total. The van der Waals surface area contributed by atoms with Crippen molar-refractivity contribution in [2.75, 3.05) is 13.2 Å². The molecule has 0 radical (unpaired) electrons. The van der Waals surface area contributed by atoms with Crippen LogP contribution in [-0.4, -0.2) is 110 Å². The predicted octanol–water partition coefficient (Wildman–Crippen LogP) is -4.33. The summed E-state index contributed by atoms with van der Waals surface area (Å²) in [7, 11) is 0. The van der Waals surface area contributed by atoms with Crippen LogP contribution in [0.2, 0.25) is 0 Å². The molecular weight excluding hydrogens is 316 g/mol. The van der Waals surface area contributed by atoms with Gasteiger partial charge in [0.05, 0.1) is 19.3 Å². The molecule has 2 saturated heterocycles. The van der Waals surface area contributed by atoms with Crippen LogP contribution in [0.5, 0.6) is 0 Å². The van der Waals surface area contributed by atoms with Gasteiger partial charge < -0.3 is 50.0 Å². The van der Waals surface area contributed by atoms with Crippen molar-refractivity contribution in [2.24, 2.45) is 0 Å². The van der Waals surface area contributed by atoms with Crippen LogP contribution in [0.15, 0.2) is 0 Å². The summed E-state index contributed by atoms with van der Waals surface area (Å²) in [6.07, 6.45) is -12.9. The van der Waals surface area contributed by atoms with Crippen LogP contribution < -0.4 is 0 Å². The first-order valence-corrected chi connectivity index (χ1v) is 7.39. The molecule has 2 aliphatic rings. The van der Waals surface area contributed by atoms with Crippen LogP contribution in [0.25, 0.3) is 0 Å². The molecule has 0 amide bonds. The Balaban J connectivity index is 1.94. The van der Waals surface area contributed by atoms with Crippen LogP contribution in [0.1, 0.15) is 6.92 Å². The van der Waals surface area contributed by atoms with Gasteiger partial charge in [-0.15, -0.1) is 0 Å². The van der Waals surface area contributed by atoms with Gasteiger partial charge in [0, 0.05) is 0 Å². The van der Waals surface area contributed by atoms with E-state index in [0.29, 0.717) is 0 Å². The molecule has 2 aliphatic heterocycles. The highest BCUT2D eigenvalue weighted by Crippen LogP contribution is 2.25. The molecule has 2 heterocycles. The molecule has 23 heavy (non-hydrogen) atoms. The third-order valence-corrected chi connectivity index (χ3v) is 4.22. The zero-order chi connectivity index (χ0) is 17.3. The molecule has 6 unspecified atom stereocenters. The van der Waals surface area contributed by atoms with Gasteiger partial charge in [-0.2, -0.15) is 0 Å². The highest BCUT2D eigenvalue weighted by molar-refractivity contribution is 4.92. The molecule has 0 aromatic carbocycles. The molecule has 2 rings (SSSR count). The molecule has 2 fully saturated rings. The van der Waals surface area contributed by atoms with Gasteiger partial charge in [0.15, 0.2) is 6.29 Å². The summed E-state index contributed by atoms with van der Waals surface area (Å²) in [6, 6.07) is 0. The number of hydrogen-bond donors (Lipinski definition) is 7. The van der Waals surface area contributed by atoms with Crippen molar-refractivity contribution < 1.29 is 50.0 Å². The van der Waals surface area contributed by atoms with E-state index < -0.39 is 67.8 Å². The molecule has 136 valence electrons. The van der Waals surface area contributed by atoms with E-state index >= 15 is 0 Å². The first kappa shape index (κ1) is 18.9. The molecule has 10 nitrogen and oxygen atoms in total. The van der Waals surface area contributed by atoms with Crippen LogP contribution in [0.4, 0.5) is 0 Å². The average Bonchev–Trinajstić information content (AvgIpc) is 2.54. The zero-order valence-corrected chi connectivity index (χ0v) is 12.5. The van der Waals surface area contributed by atoms with E-state index in [9.17, 15) is 30.6 Å². The fourth-order valence-corrected chi connectivity index (χ4v) is 2.67. The summed E-state index contributed by atoms with van der Waals surface area (Å²) in [5.74, 6) is 0.